The molecule has 6 aromatic rings. The fraction of sp³-hybridized carbons (Fsp3) is 0.349. The van der Waals surface area contributed by atoms with E-state index in [1.165, 1.54) is 0 Å². The summed E-state index contributed by atoms with van der Waals surface area (Å²) in [6.45, 7) is 7.44. The third-order valence-electron chi connectivity index (χ3n) is 12.3. The number of fused-ring (bicyclic) bond motifs is 7. The number of carbonyl (C=O) groups is 2. The fourth-order valence-corrected chi connectivity index (χ4v) is 9.21. The van der Waals surface area contributed by atoms with Crippen LogP contribution in [0.5, 0.6) is 11.5 Å². The van der Waals surface area contributed by atoms with Crippen LogP contribution in [0, 0.1) is 5.92 Å². The van der Waals surface area contributed by atoms with Gasteiger partial charge in [-0.1, -0.05) is 58.0 Å². The number of benzene rings is 3. The van der Waals surface area contributed by atoms with Crippen LogP contribution in [-0.4, -0.2) is 56.4 Å². The number of aryl methyl sites for hydroxylation is 1. The summed E-state index contributed by atoms with van der Waals surface area (Å²) in [6.07, 6.45) is 3.62. The summed E-state index contributed by atoms with van der Waals surface area (Å²) in [5.41, 5.74) is 4.72. The first kappa shape index (κ1) is 34.4. The Morgan fingerprint density at radius 3 is 2.68 bits per heavy atom. The molecule has 4 atom stereocenters. The van der Waals surface area contributed by atoms with Crippen LogP contribution >= 0.6 is 0 Å². The molecule has 13 nitrogen and oxygen atoms in total. The number of para-hydroxylation sites is 1. The van der Waals surface area contributed by atoms with Crippen LogP contribution in [0.1, 0.15) is 74.9 Å². The highest BCUT2D eigenvalue weighted by molar-refractivity contribution is 6.10. The summed E-state index contributed by atoms with van der Waals surface area (Å²) in [4.78, 5) is 37.9. The summed E-state index contributed by atoms with van der Waals surface area (Å²) in [5.74, 6) is 1.67. The Kier molecular flexibility index (Phi) is 7.35. The number of aromatic nitrogens is 3. The van der Waals surface area contributed by atoms with Crippen molar-refractivity contribution < 1.29 is 33.0 Å². The molecule has 3 aromatic carbocycles. The Hall–Kier alpha value is -6.08. The first-order chi connectivity index (χ1) is 27.0. The number of nitrogens with zero attached hydrogens (tertiary/aromatic N) is 3. The molecule has 4 N–H and O–H groups in total. The second-order valence-electron chi connectivity index (χ2n) is 15.7. The van der Waals surface area contributed by atoms with Gasteiger partial charge in [-0.2, -0.15) is 0 Å². The number of anilines is 1. The number of carbonyl (C=O) groups excluding carboxylic acids is 2. The van der Waals surface area contributed by atoms with E-state index in [9.17, 15) is 14.7 Å². The Labute approximate surface area is 322 Å². The van der Waals surface area contributed by atoms with Crippen LogP contribution in [0.25, 0.3) is 44.9 Å². The monoisotopic (exact) mass is 754 g/mol. The summed E-state index contributed by atoms with van der Waals surface area (Å²) < 4.78 is 28.5. The smallest absolute Gasteiger partial charge is 0.252 e. The molecule has 4 aliphatic heterocycles. The zero-order valence-corrected chi connectivity index (χ0v) is 31.9. The molecule has 4 unspecified atom stereocenters. The van der Waals surface area contributed by atoms with E-state index in [2.05, 4.69) is 40.2 Å². The van der Waals surface area contributed by atoms with E-state index in [0.29, 0.717) is 23.0 Å². The molecule has 13 heteroatoms. The first-order valence-corrected chi connectivity index (χ1v) is 19.2. The molecule has 4 aliphatic rings. The number of hydrogen-bond acceptors (Lipinski definition) is 10. The SMILES string of the molecule is CCC(O)(CC)C(=O)NC1Cc2ccc3c(c2)C24c5cccc(c5NC2O3)-c2ccc(OC)c3c2c(cn3C)-c2cnc(o2)-c2nc(oc24)C(C(C)C)NC1=O. The van der Waals surface area contributed by atoms with Gasteiger partial charge in [-0.05, 0) is 48.1 Å². The minimum absolute atomic E-state index is 0.156. The van der Waals surface area contributed by atoms with Crippen LogP contribution in [0.2, 0.25) is 0 Å². The van der Waals surface area contributed by atoms with Gasteiger partial charge >= 0.3 is 0 Å². The zero-order valence-electron chi connectivity index (χ0n) is 31.9. The zero-order chi connectivity index (χ0) is 38.8. The number of oxazole rings is 2. The van der Waals surface area contributed by atoms with Gasteiger partial charge in [0.25, 0.3) is 5.91 Å². The average molecular weight is 755 g/mol. The van der Waals surface area contributed by atoms with Gasteiger partial charge in [-0.15, -0.1) is 0 Å². The predicted molar refractivity (Wildman–Crippen MR) is 207 cm³/mol. The van der Waals surface area contributed by atoms with Crippen molar-refractivity contribution in [1.29, 1.82) is 0 Å². The average Bonchev–Trinajstić information content (AvgIpc) is 4.02. The molecule has 2 amide bonds. The van der Waals surface area contributed by atoms with Crippen molar-refractivity contribution in [2.24, 2.45) is 13.0 Å². The van der Waals surface area contributed by atoms with E-state index in [1.807, 2.05) is 55.9 Å². The van der Waals surface area contributed by atoms with Crippen molar-refractivity contribution in [3.63, 3.8) is 0 Å². The number of amides is 2. The Morgan fingerprint density at radius 2 is 1.91 bits per heavy atom. The lowest BCUT2D eigenvalue weighted by molar-refractivity contribution is -0.143. The highest BCUT2D eigenvalue weighted by atomic mass is 16.5. The summed E-state index contributed by atoms with van der Waals surface area (Å²) in [5, 5.41) is 21.9. The molecule has 286 valence electrons. The van der Waals surface area contributed by atoms with Crippen LogP contribution in [0.4, 0.5) is 5.69 Å². The van der Waals surface area contributed by atoms with E-state index >= 15 is 0 Å². The highest BCUT2D eigenvalue weighted by Gasteiger charge is 2.61. The van der Waals surface area contributed by atoms with Gasteiger partial charge in [-0.25, -0.2) is 9.97 Å². The highest BCUT2D eigenvalue weighted by Crippen LogP contribution is 2.61. The Balaban J connectivity index is 1.28. The van der Waals surface area contributed by atoms with E-state index in [0.717, 1.165) is 55.7 Å². The second-order valence-corrected chi connectivity index (χ2v) is 15.7. The van der Waals surface area contributed by atoms with Gasteiger partial charge < -0.3 is 43.9 Å². The maximum absolute atomic E-state index is 14.3. The molecule has 0 saturated heterocycles. The number of rotatable bonds is 6. The topological polar surface area (TPSA) is 166 Å². The normalized spacial score (nSPS) is 21.4. The molecule has 56 heavy (non-hydrogen) atoms. The first-order valence-electron chi connectivity index (χ1n) is 19.2. The van der Waals surface area contributed by atoms with E-state index in [-0.39, 0.29) is 37.0 Å². The maximum atomic E-state index is 14.3. The lowest BCUT2D eigenvalue weighted by atomic mass is 9.72. The standard InChI is InChI=1S/C43H42N6O7/c1-7-42(52,8-2)40(51)45-27-17-21-12-14-28-26(16-21)43-25-11-9-10-23(33(25)48-41(43)55-28)22-13-15-29(53-6)35-31(22)24(19-49(35)5)30-18-44-38(54-30)34-36(43)56-39(47-34)32(20(3)4)46-37(27)50/h9-16,18-20,27,32,41,48,52H,7-8,17H2,1-6H3,(H,45,51)(H,46,50). The fourth-order valence-electron chi connectivity index (χ4n) is 9.21. The van der Waals surface area contributed by atoms with E-state index < -0.39 is 41.1 Å². The predicted octanol–water partition coefficient (Wildman–Crippen LogP) is 6.36. The van der Waals surface area contributed by atoms with E-state index in [4.69, 9.17) is 28.3 Å². The largest absolute Gasteiger partial charge is 0.495 e. The van der Waals surface area contributed by atoms with Crippen LogP contribution in [-0.2, 0) is 28.5 Å². The van der Waals surface area contributed by atoms with Crippen LogP contribution in [0.3, 0.4) is 0 Å². The molecule has 0 radical (unpaired) electrons. The van der Waals surface area contributed by atoms with Crippen molar-refractivity contribution in [2.45, 2.75) is 76.3 Å². The van der Waals surface area contributed by atoms with Crippen LogP contribution in [0.15, 0.2) is 69.8 Å². The molecular formula is C43H42N6O7. The molecule has 0 saturated carbocycles. The number of ether oxygens (including phenoxy) is 2. The molecule has 1 spiro atoms. The summed E-state index contributed by atoms with van der Waals surface area (Å²) in [7, 11) is 3.65. The van der Waals surface area contributed by atoms with Crippen molar-refractivity contribution >= 4 is 28.4 Å². The minimum Gasteiger partial charge on any atom is -0.495 e. The molecular weight excluding hydrogens is 713 g/mol. The lowest BCUT2D eigenvalue weighted by Crippen LogP contribution is -2.55. The number of hydrogen-bond donors (Lipinski definition) is 4. The van der Waals surface area contributed by atoms with Gasteiger partial charge in [0.1, 0.15) is 34.6 Å². The number of methoxy groups -OCH3 is 1. The second kappa shape index (κ2) is 12.0. The van der Waals surface area contributed by atoms with Gasteiger partial charge in [0, 0.05) is 53.0 Å². The maximum Gasteiger partial charge on any atom is 0.252 e. The number of aliphatic hydroxyl groups is 1. The third kappa shape index (κ3) is 4.51. The molecule has 10 bridgehead atoms. The van der Waals surface area contributed by atoms with Gasteiger partial charge in [-0.3, -0.25) is 9.59 Å². The molecule has 10 rings (SSSR count). The minimum atomic E-state index is -1.62. The van der Waals surface area contributed by atoms with Gasteiger partial charge in [0.15, 0.2) is 23.4 Å². The van der Waals surface area contributed by atoms with Crippen molar-refractivity contribution in [3.8, 4) is 45.5 Å². The van der Waals surface area contributed by atoms with Gasteiger partial charge in [0.2, 0.25) is 17.7 Å². The third-order valence-corrected chi connectivity index (χ3v) is 12.3. The quantitative estimate of drug-likeness (QED) is 0.150. The Bertz CT molecular complexity index is 2630. The molecule has 3 aromatic heterocycles. The lowest BCUT2D eigenvalue weighted by Gasteiger charge is -2.30. The van der Waals surface area contributed by atoms with Crippen molar-refractivity contribution in [3.05, 3.63) is 89.3 Å². The van der Waals surface area contributed by atoms with Crippen LogP contribution < -0.4 is 25.4 Å². The summed E-state index contributed by atoms with van der Waals surface area (Å²) >= 11 is 0. The van der Waals surface area contributed by atoms with Crippen molar-refractivity contribution in [2.75, 3.05) is 12.4 Å². The van der Waals surface area contributed by atoms with Gasteiger partial charge in [0.05, 0.1) is 18.8 Å². The molecule has 0 aliphatic carbocycles. The van der Waals surface area contributed by atoms with Crippen molar-refractivity contribution in [1.82, 2.24) is 25.2 Å². The molecule has 7 heterocycles. The molecule has 0 fully saturated rings. The number of nitrogens with one attached hydrogen (secondary N) is 3. The Morgan fingerprint density at radius 1 is 1.09 bits per heavy atom. The summed E-state index contributed by atoms with van der Waals surface area (Å²) in [6, 6.07) is 14.4. The van der Waals surface area contributed by atoms with E-state index in [1.54, 1.807) is 27.2 Å².